The summed E-state index contributed by atoms with van der Waals surface area (Å²) in [7, 11) is 1.71. The first-order valence-corrected chi connectivity index (χ1v) is 7.85. The lowest BCUT2D eigenvalue weighted by Gasteiger charge is -2.32. The second-order valence-corrected chi connectivity index (χ2v) is 6.07. The molecule has 2 aliphatic rings. The van der Waals surface area contributed by atoms with Gasteiger partial charge in [0.1, 0.15) is 5.75 Å². The van der Waals surface area contributed by atoms with Gasteiger partial charge in [-0.25, -0.2) is 0 Å². The Morgan fingerprint density at radius 2 is 2.10 bits per heavy atom. The van der Waals surface area contributed by atoms with Crippen LogP contribution in [0.4, 0.5) is 0 Å². The maximum absolute atomic E-state index is 6.32. The van der Waals surface area contributed by atoms with E-state index in [2.05, 4.69) is 17.4 Å². The molecular weight excluding hydrogens is 250 g/mol. The van der Waals surface area contributed by atoms with Crippen LogP contribution in [-0.2, 0) is 4.74 Å². The molecule has 0 bridgehead atoms. The molecule has 0 amide bonds. The van der Waals surface area contributed by atoms with E-state index in [-0.39, 0.29) is 6.10 Å². The molecule has 2 unspecified atom stereocenters. The van der Waals surface area contributed by atoms with Crippen LogP contribution in [0.25, 0.3) is 0 Å². The summed E-state index contributed by atoms with van der Waals surface area (Å²) in [6.07, 6.45) is 7.34. The lowest BCUT2D eigenvalue weighted by atomic mass is 9.98. The maximum Gasteiger partial charge on any atom is 0.119 e. The molecule has 1 N–H and O–H groups in total. The number of nitrogens with one attached hydrogen (secondary N) is 1. The van der Waals surface area contributed by atoms with E-state index in [1.165, 1.54) is 37.7 Å². The van der Waals surface area contributed by atoms with Gasteiger partial charge in [0.2, 0.25) is 0 Å². The van der Waals surface area contributed by atoms with Crippen LogP contribution in [0.15, 0.2) is 24.3 Å². The van der Waals surface area contributed by atoms with Crippen molar-refractivity contribution in [2.75, 3.05) is 20.2 Å². The Kier molecular flexibility index (Phi) is 4.58. The van der Waals surface area contributed by atoms with Crippen molar-refractivity contribution in [2.45, 2.75) is 44.3 Å². The van der Waals surface area contributed by atoms with Gasteiger partial charge < -0.3 is 14.8 Å². The van der Waals surface area contributed by atoms with Gasteiger partial charge in [-0.15, -0.1) is 0 Å². The summed E-state index contributed by atoms with van der Waals surface area (Å²) in [5.74, 6) is 1.79. The molecule has 1 aliphatic heterocycles. The van der Waals surface area contributed by atoms with Crippen molar-refractivity contribution in [3.63, 3.8) is 0 Å². The zero-order valence-electron chi connectivity index (χ0n) is 12.3. The molecule has 3 rings (SSSR count). The van der Waals surface area contributed by atoms with Gasteiger partial charge in [-0.3, -0.25) is 0 Å². The van der Waals surface area contributed by atoms with Gasteiger partial charge in [0.05, 0.1) is 19.3 Å². The van der Waals surface area contributed by atoms with E-state index in [0.29, 0.717) is 6.10 Å². The molecular formula is C17H25NO2. The molecule has 2 fully saturated rings. The Hall–Kier alpha value is -1.06. The molecule has 3 nitrogen and oxygen atoms in total. The lowest BCUT2D eigenvalue weighted by Crippen LogP contribution is -2.41. The fourth-order valence-corrected chi connectivity index (χ4v) is 3.50. The first-order valence-electron chi connectivity index (χ1n) is 7.85. The number of morpholine rings is 1. The third kappa shape index (κ3) is 3.33. The predicted octanol–water partition coefficient (Wildman–Crippen LogP) is 3.31. The molecule has 0 radical (unpaired) electrons. The summed E-state index contributed by atoms with van der Waals surface area (Å²) in [5, 5.41) is 3.53. The van der Waals surface area contributed by atoms with Crippen LogP contribution in [0, 0.1) is 5.92 Å². The Morgan fingerprint density at radius 1 is 1.25 bits per heavy atom. The maximum atomic E-state index is 6.32. The SMILES string of the molecule is COc1cccc(C2CNCC(CC3CCCC3)O2)c1. The molecule has 1 saturated carbocycles. The largest absolute Gasteiger partial charge is 0.497 e. The minimum Gasteiger partial charge on any atom is -0.497 e. The molecule has 2 atom stereocenters. The number of ether oxygens (including phenoxy) is 2. The predicted molar refractivity (Wildman–Crippen MR) is 80.1 cm³/mol. The Morgan fingerprint density at radius 3 is 2.90 bits per heavy atom. The van der Waals surface area contributed by atoms with Crippen LogP contribution in [0.2, 0.25) is 0 Å². The summed E-state index contributed by atoms with van der Waals surface area (Å²) >= 11 is 0. The van der Waals surface area contributed by atoms with Crippen LogP contribution in [0.3, 0.4) is 0 Å². The lowest BCUT2D eigenvalue weighted by molar-refractivity contribution is -0.0489. The van der Waals surface area contributed by atoms with Gasteiger partial charge in [-0.05, 0) is 30.0 Å². The van der Waals surface area contributed by atoms with Crippen molar-refractivity contribution in [1.82, 2.24) is 5.32 Å². The van der Waals surface area contributed by atoms with Gasteiger partial charge in [-0.2, -0.15) is 0 Å². The van der Waals surface area contributed by atoms with Crippen LogP contribution in [0.5, 0.6) is 5.75 Å². The molecule has 1 heterocycles. The number of benzene rings is 1. The molecule has 110 valence electrons. The molecule has 20 heavy (non-hydrogen) atoms. The molecule has 3 heteroatoms. The number of rotatable bonds is 4. The molecule has 0 aromatic heterocycles. The van der Waals surface area contributed by atoms with E-state index in [4.69, 9.17) is 9.47 Å². The fraction of sp³-hybridized carbons (Fsp3) is 0.647. The third-order valence-electron chi connectivity index (χ3n) is 4.60. The van der Waals surface area contributed by atoms with E-state index < -0.39 is 0 Å². The van der Waals surface area contributed by atoms with Crippen molar-refractivity contribution in [3.05, 3.63) is 29.8 Å². The van der Waals surface area contributed by atoms with Crippen LogP contribution in [-0.4, -0.2) is 26.3 Å². The van der Waals surface area contributed by atoms with E-state index >= 15 is 0 Å². The molecule has 1 aromatic carbocycles. The normalized spacial score (nSPS) is 27.6. The van der Waals surface area contributed by atoms with E-state index in [0.717, 1.165) is 24.8 Å². The number of hydrogen-bond donors (Lipinski definition) is 1. The van der Waals surface area contributed by atoms with Gasteiger partial charge in [-0.1, -0.05) is 37.8 Å². The van der Waals surface area contributed by atoms with Crippen molar-refractivity contribution < 1.29 is 9.47 Å². The summed E-state index contributed by atoms with van der Waals surface area (Å²) in [6, 6.07) is 8.24. The Balaban J connectivity index is 1.61. The quantitative estimate of drug-likeness (QED) is 0.914. The van der Waals surface area contributed by atoms with Crippen LogP contribution >= 0.6 is 0 Å². The highest BCUT2D eigenvalue weighted by Crippen LogP contribution is 2.32. The summed E-state index contributed by atoms with van der Waals surface area (Å²) < 4.78 is 11.6. The first kappa shape index (κ1) is 13.9. The van der Waals surface area contributed by atoms with Gasteiger partial charge in [0, 0.05) is 13.1 Å². The minimum absolute atomic E-state index is 0.158. The molecule has 1 aliphatic carbocycles. The zero-order valence-corrected chi connectivity index (χ0v) is 12.3. The van der Waals surface area contributed by atoms with Gasteiger partial charge in [0.15, 0.2) is 0 Å². The number of hydrogen-bond acceptors (Lipinski definition) is 3. The van der Waals surface area contributed by atoms with Crippen molar-refractivity contribution in [2.24, 2.45) is 5.92 Å². The fourth-order valence-electron chi connectivity index (χ4n) is 3.50. The average molecular weight is 275 g/mol. The summed E-state index contributed by atoms with van der Waals surface area (Å²) in [4.78, 5) is 0. The van der Waals surface area contributed by atoms with Gasteiger partial charge >= 0.3 is 0 Å². The molecule has 1 saturated heterocycles. The van der Waals surface area contributed by atoms with Crippen LogP contribution < -0.4 is 10.1 Å². The van der Waals surface area contributed by atoms with E-state index in [1.807, 2.05) is 12.1 Å². The second kappa shape index (κ2) is 6.59. The van der Waals surface area contributed by atoms with Crippen molar-refractivity contribution in [3.8, 4) is 5.75 Å². The highest BCUT2D eigenvalue weighted by molar-refractivity contribution is 5.30. The van der Waals surface area contributed by atoms with Crippen molar-refractivity contribution in [1.29, 1.82) is 0 Å². The Labute approximate surface area is 121 Å². The molecule has 0 spiro atoms. The first-order chi connectivity index (χ1) is 9.85. The highest BCUT2D eigenvalue weighted by Gasteiger charge is 2.27. The topological polar surface area (TPSA) is 30.5 Å². The highest BCUT2D eigenvalue weighted by atomic mass is 16.5. The number of methoxy groups -OCH3 is 1. The van der Waals surface area contributed by atoms with E-state index in [1.54, 1.807) is 7.11 Å². The Bertz CT molecular complexity index is 429. The minimum atomic E-state index is 0.158. The van der Waals surface area contributed by atoms with E-state index in [9.17, 15) is 0 Å². The van der Waals surface area contributed by atoms with Gasteiger partial charge in [0.25, 0.3) is 0 Å². The standard InChI is InChI=1S/C17H25NO2/c1-19-15-8-4-7-14(10-15)17-12-18-11-16(20-17)9-13-5-2-3-6-13/h4,7-8,10,13,16-18H,2-3,5-6,9,11-12H2,1H3. The molecule has 1 aromatic rings. The zero-order chi connectivity index (χ0) is 13.8. The van der Waals surface area contributed by atoms with Crippen molar-refractivity contribution >= 4 is 0 Å². The summed E-state index contributed by atoms with van der Waals surface area (Å²) in [6.45, 7) is 1.89. The average Bonchev–Trinajstić information content (AvgIpc) is 3.00. The van der Waals surface area contributed by atoms with Crippen LogP contribution in [0.1, 0.15) is 43.8 Å². The third-order valence-corrected chi connectivity index (χ3v) is 4.60. The second-order valence-electron chi connectivity index (χ2n) is 6.07. The summed E-state index contributed by atoms with van der Waals surface area (Å²) in [5.41, 5.74) is 1.22. The smallest absolute Gasteiger partial charge is 0.119 e. The monoisotopic (exact) mass is 275 g/mol.